The van der Waals surface area contributed by atoms with Crippen molar-refractivity contribution in [2.75, 3.05) is 0 Å². The summed E-state index contributed by atoms with van der Waals surface area (Å²) in [7, 11) is 0. The van der Waals surface area contributed by atoms with Crippen LogP contribution in [0.25, 0.3) is 0 Å². The first-order chi connectivity index (χ1) is 9.31. The van der Waals surface area contributed by atoms with Gasteiger partial charge in [0.2, 0.25) is 0 Å². The normalized spacial score (nSPS) is 38.9. The van der Waals surface area contributed by atoms with E-state index in [1.165, 1.54) is 25.3 Å². The maximum Gasteiger partial charge on any atom is 0.123 e. The predicted octanol–water partition coefficient (Wildman–Crippen LogP) is 3.52. The fourth-order valence-electron chi connectivity index (χ4n) is 4.69. The van der Waals surface area contributed by atoms with Crippen molar-refractivity contribution < 1.29 is 4.39 Å². The van der Waals surface area contributed by atoms with E-state index in [2.05, 4.69) is 17.5 Å². The maximum atomic E-state index is 13.2. The van der Waals surface area contributed by atoms with E-state index in [0.29, 0.717) is 6.04 Å². The van der Waals surface area contributed by atoms with Gasteiger partial charge in [0.05, 0.1) is 0 Å². The Balaban J connectivity index is 1.40. The summed E-state index contributed by atoms with van der Waals surface area (Å²) in [5, 5.41) is 3.67. The molecular formula is C17H20FN. The maximum absolute atomic E-state index is 13.2. The quantitative estimate of drug-likeness (QED) is 0.817. The van der Waals surface area contributed by atoms with Crippen LogP contribution in [0.2, 0.25) is 0 Å². The van der Waals surface area contributed by atoms with Gasteiger partial charge in [-0.05, 0) is 60.6 Å². The zero-order chi connectivity index (χ0) is 12.8. The molecular weight excluding hydrogens is 237 g/mol. The molecule has 0 radical (unpaired) electrons. The lowest BCUT2D eigenvalue weighted by Gasteiger charge is -2.32. The van der Waals surface area contributed by atoms with E-state index in [0.717, 1.165) is 35.8 Å². The van der Waals surface area contributed by atoms with Crippen molar-refractivity contribution >= 4 is 0 Å². The first-order valence-electron chi connectivity index (χ1n) is 7.46. The number of allylic oxidation sites excluding steroid dienone is 2. The van der Waals surface area contributed by atoms with Crippen LogP contribution in [0.15, 0.2) is 36.4 Å². The minimum atomic E-state index is -0.132. The van der Waals surface area contributed by atoms with E-state index in [-0.39, 0.29) is 5.82 Å². The molecule has 0 saturated heterocycles. The van der Waals surface area contributed by atoms with Gasteiger partial charge in [0.1, 0.15) is 5.82 Å². The highest BCUT2D eigenvalue weighted by atomic mass is 19.1. The van der Waals surface area contributed by atoms with Gasteiger partial charge in [-0.15, -0.1) is 0 Å². The molecule has 0 heterocycles. The van der Waals surface area contributed by atoms with Crippen LogP contribution in [0.5, 0.6) is 0 Å². The van der Waals surface area contributed by atoms with Gasteiger partial charge >= 0.3 is 0 Å². The van der Waals surface area contributed by atoms with Crippen LogP contribution in [-0.2, 0) is 6.54 Å². The van der Waals surface area contributed by atoms with Gasteiger partial charge in [-0.2, -0.15) is 0 Å². The molecule has 3 aliphatic carbocycles. The molecule has 5 unspecified atom stereocenters. The summed E-state index contributed by atoms with van der Waals surface area (Å²) in [5.74, 6) is 3.38. The zero-order valence-corrected chi connectivity index (χ0v) is 11.1. The summed E-state index contributed by atoms with van der Waals surface area (Å²) < 4.78 is 13.2. The van der Waals surface area contributed by atoms with Crippen molar-refractivity contribution in [2.45, 2.75) is 31.8 Å². The number of fused-ring (bicyclic) bond motifs is 5. The predicted molar refractivity (Wildman–Crippen MR) is 74.0 cm³/mol. The van der Waals surface area contributed by atoms with Crippen molar-refractivity contribution in [3.05, 3.63) is 47.8 Å². The summed E-state index contributed by atoms with van der Waals surface area (Å²) in [5.41, 5.74) is 1.06. The van der Waals surface area contributed by atoms with Gasteiger partial charge in [0.15, 0.2) is 0 Å². The Morgan fingerprint density at radius 1 is 1.21 bits per heavy atom. The van der Waals surface area contributed by atoms with E-state index in [1.54, 1.807) is 12.1 Å². The number of hydrogen-bond donors (Lipinski definition) is 1. The van der Waals surface area contributed by atoms with E-state index in [1.807, 2.05) is 6.07 Å². The molecule has 2 bridgehead atoms. The number of hydrogen-bond acceptors (Lipinski definition) is 1. The molecule has 5 atom stereocenters. The van der Waals surface area contributed by atoms with Gasteiger partial charge in [0.25, 0.3) is 0 Å². The Bertz CT molecular complexity index is 510. The number of halogens is 1. The Kier molecular flexibility index (Phi) is 2.73. The van der Waals surface area contributed by atoms with Gasteiger partial charge in [-0.25, -0.2) is 4.39 Å². The van der Waals surface area contributed by atoms with Gasteiger partial charge in [-0.3, -0.25) is 0 Å². The average molecular weight is 257 g/mol. The minimum Gasteiger partial charge on any atom is -0.310 e. The zero-order valence-electron chi connectivity index (χ0n) is 11.1. The van der Waals surface area contributed by atoms with Gasteiger partial charge in [-0.1, -0.05) is 24.3 Å². The fraction of sp³-hybridized carbons (Fsp3) is 0.529. The molecule has 2 fully saturated rings. The summed E-state index contributed by atoms with van der Waals surface area (Å²) in [6, 6.07) is 7.60. The van der Waals surface area contributed by atoms with Gasteiger partial charge < -0.3 is 5.32 Å². The summed E-state index contributed by atoms with van der Waals surface area (Å²) >= 11 is 0. The molecule has 0 aliphatic heterocycles. The second kappa shape index (κ2) is 4.45. The smallest absolute Gasteiger partial charge is 0.123 e. The molecule has 3 aliphatic rings. The summed E-state index contributed by atoms with van der Waals surface area (Å²) in [6.45, 7) is 0.802. The molecule has 2 saturated carbocycles. The second-order valence-electron chi connectivity index (χ2n) is 6.42. The third-order valence-electron chi connectivity index (χ3n) is 5.46. The van der Waals surface area contributed by atoms with E-state index >= 15 is 0 Å². The van der Waals surface area contributed by atoms with Crippen LogP contribution in [0.1, 0.15) is 24.8 Å². The summed E-state index contributed by atoms with van der Waals surface area (Å²) in [4.78, 5) is 0. The molecule has 4 rings (SSSR count). The Morgan fingerprint density at radius 2 is 2.16 bits per heavy atom. The first kappa shape index (κ1) is 11.7. The SMILES string of the molecule is Fc1cccc(CNC2CC3CC2C2CC=CC32)c1. The Hall–Kier alpha value is -1.15. The molecule has 1 aromatic rings. The fourth-order valence-corrected chi connectivity index (χ4v) is 4.69. The highest BCUT2D eigenvalue weighted by molar-refractivity contribution is 5.18. The van der Waals surface area contributed by atoms with Crippen molar-refractivity contribution in [1.82, 2.24) is 5.32 Å². The topological polar surface area (TPSA) is 12.0 Å². The van der Waals surface area contributed by atoms with Crippen molar-refractivity contribution in [3.63, 3.8) is 0 Å². The van der Waals surface area contributed by atoms with Crippen molar-refractivity contribution in [3.8, 4) is 0 Å². The third kappa shape index (κ3) is 1.93. The van der Waals surface area contributed by atoms with Crippen LogP contribution in [0.4, 0.5) is 4.39 Å². The Morgan fingerprint density at radius 3 is 3.05 bits per heavy atom. The van der Waals surface area contributed by atoms with Crippen LogP contribution in [0, 0.1) is 29.5 Å². The molecule has 100 valence electrons. The van der Waals surface area contributed by atoms with E-state index in [4.69, 9.17) is 0 Å². The van der Waals surface area contributed by atoms with E-state index in [9.17, 15) is 4.39 Å². The van der Waals surface area contributed by atoms with Crippen LogP contribution in [0.3, 0.4) is 0 Å². The molecule has 0 spiro atoms. The minimum absolute atomic E-state index is 0.132. The average Bonchev–Trinajstić information content (AvgIpc) is 3.08. The number of benzene rings is 1. The largest absolute Gasteiger partial charge is 0.310 e. The molecule has 1 N–H and O–H groups in total. The molecule has 0 aromatic heterocycles. The lowest BCUT2D eigenvalue weighted by molar-refractivity contribution is 0.225. The highest BCUT2D eigenvalue weighted by Crippen LogP contribution is 2.56. The van der Waals surface area contributed by atoms with Gasteiger partial charge in [0, 0.05) is 12.6 Å². The highest BCUT2D eigenvalue weighted by Gasteiger charge is 2.52. The molecule has 0 amide bonds. The van der Waals surface area contributed by atoms with Crippen molar-refractivity contribution in [2.24, 2.45) is 23.7 Å². The standard InChI is InChI=1S/C17H20FN/c18-13-4-1-3-11(7-13)10-19-17-9-12-8-16(17)15-6-2-5-14(12)15/h1-5,7,12,14-17,19H,6,8-10H2. The van der Waals surface area contributed by atoms with Crippen LogP contribution >= 0.6 is 0 Å². The van der Waals surface area contributed by atoms with Crippen LogP contribution in [-0.4, -0.2) is 6.04 Å². The Labute approximate surface area is 113 Å². The number of rotatable bonds is 3. The number of nitrogens with one attached hydrogen (secondary N) is 1. The lowest BCUT2D eigenvalue weighted by atomic mass is 9.79. The molecule has 1 nitrogen and oxygen atoms in total. The molecule has 19 heavy (non-hydrogen) atoms. The van der Waals surface area contributed by atoms with Crippen molar-refractivity contribution in [1.29, 1.82) is 0 Å². The monoisotopic (exact) mass is 257 g/mol. The lowest BCUT2D eigenvalue weighted by Crippen LogP contribution is -2.39. The first-order valence-corrected chi connectivity index (χ1v) is 7.46. The second-order valence-corrected chi connectivity index (χ2v) is 6.42. The molecule has 2 heteroatoms. The van der Waals surface area contributed by atoms with Crippen LogP contribution < -0.4 is 5.32 Å². The third-order valence-corrected chi connectivity index (χ3v) is 5.46. The summed E-state index contributed by atoms with van der Waals surface area (Å²) in [6.07, 6.45) is 8.83. The molecule has 1 aromatic carbocycles. The van der Waals surface area contributed by atoms with E-state index < -0.39 is 0 Å².